The molecule has 0 heterocycles. The average Bonchev–Trinajstić information content (AvgIpc) is 2.85. The molecule has 40 heavy (non-hydrogen) atoms. The molecular formula is C40H56. The summed E-state index contributed by atoms with van der Waals surface area (Å²) in [6, 6.07) is 0. The van der Waals surface area contributed by atoms with E-state index in [1.807, 2.05) is 0 Å². The summed E-state index contributed by atoms with van der Waals surface area (Å²) in [5.41, 5.74) is 11.1. The van der Waals surface area contributed by atoms with Crippen LogP contribution in [0.4, 0.5) is 0 Å². The van der Waals surface area contributed by atoms with Crippen LogP contribution in [-0.2, 0) is 0 Å². The van der Waals surface area contributed by atoms with E-state index < -0.39 is 0 Å². The van der Waals surface area contributed by atoms with Crippen LogP contribution in [0.3, 0.4) is 0 Å². The molecule has 216 valence electrons. The molecule has 0 amide bonds. The Morgan fingerprint density at radius 2 is 1.12 bits per heavy atom. The van der Waals surface area contributed by atoms with Crippen LogP contribution in [0, 0.1) is 5.41 Å². The van der Waals surface area contributed by atoms with Gasteiger partial charge in [0.1, 0.15) is 0 Å². The minimum Gasteiger partial charge on any atom is -0.0856 e. The number of hydrogen-bond donors (Lipinski definition) is 0. The van der Waals surface area contributed by atoms with Crippen molar-refractivity contribution in [2.75, 3.05) is 0 Å². The van der Waals surface area contributed by atoms with Crippen LogP contribution in [0.1, 0.15) is 101 Å². The van der Waals surface area contributed by atoms with Crippen LogP contribution in [-0.4, -0.2) is 0 Å². The molecular weight excluding hydrogens is 480 g/mol. The van der Waals surface area contributed by atoms with Crippen LogP contribution in [0.25, 0.3) is 0 Å². The van der Waals surface area contributed by atoms with Crippen molar-refractivity contribution in [3.05, 3.63) is 142 Å². The Kier molecular flexibility index (Phi) is 16.6. The van der Waals surface area contributed by atoms with Crippen LogP contribution in [0.15, 0.2) is 142 Å². The van der Waals surface area contributed by atoms with Gasteiger partial charge in [-0.2, -0.15) is 0 Å². The zero-order chi connectivity index (χ0) is 30.0. The normalized spacial score (nSPS) is 18.5. The molecule has 0 aromatic rings. The molecule has 0 spiro atoms. The van der Waals surface area contributed by atoms with Gasteiger partial charge >= 0.3 is 0 Å². The smallest absolute Gasteiger partial charge is 0.0104 e. The number of rotatable bonds is 13. The van der Waals surface area contributed by atoms with Crippen molar-refractivity contribution in [3.63, 3.8) is 0 Å². The van der Waals surface area contributed by atoms with Gasteiger partial charge in [-0.25, -0.2) is 0 Å². The van der Waals surface area contributed by atoms with Gasteiger partial charge in [0, 0.05) is 0 Å². The lowest BCUT2D eigenvalue weighted by Gasteiger charge is -2.32. The highest BCUT2D eigenvalue weighted by atomic mass is 14.3. The summed E-state index contributed by atoms with van der Waals surface area (Å²) in [5.74, 6) is 0. The van der Waals surface area contributed by atoms with E-state index in [-0.39, 0.29) is 5.41 Å². The third-order valence-electron chi connectivity index (χ3n) is 7.15. The average molecular weight is 537 g/mol. The topological polar surface area (TPSA) is 0 Å². The first-order chi connectivity index (χ1) is 18.9. The van der Waals surface area contributed by atoms with Gasteiger partial charge in [-0.1, -0.05) is 150 Å². The number of allylic oxidation sites excluding steroid dienone is 24. The van der Waals surface area contributed by atoms with Gasteiger partial charge < -0.3 is 0 Å². The lowest BCUT2D eigenvalue weighted by Crippen LogP contribution is -2.19. The fraction of sp³-hybridized carbons (Fsp3) is 0.400. The SMILES string of the molecule is CC(C)=CCC/C(C)=C/C=C/C(C)=C/C=C/C(C)=C/C=C/C=C(C)/C=C/C=C(C)\C=C\C1=C(C)CCCC1(C)C. The fourth-order valence-corrected chi connectivity index (χ4v) is 4.60. The number of hydrogen-bond acceptors (Lipinski definition) is 0. The Balaban J connectivity index is 2.58. The molecule has 0 nitrogen and oxygen atoms in total. The maximum atomic E-state index is 2.37. The highest BCUT2D eigenvalue weighted by molar-refractivity contribution is 5.37. The summed E-state index contributed by atoms with van der Waals surface area (Å²) in [5, 5.41) is 0. The van der Waals surface area contributed by atoms with E-state index in [1.54, 1.807) is 5.57 Å². The largest absolute Gasteiger partial charge is 0.0856 e. The van der Waals surface area contributed by atoms with Gasteiger partial charge in [0.05, 0.1) is 0 Å². The molecule has 1 aliphatic carbocycles. The molecule has 1 aliphatic rings. The first-order valence-corrected chi connectivity index (χ1v) is 15.0. The lowest BCUT2D eigenvalue weighted by molar-refractivity contribution is 0.377. The van der Waals surface area contributed by atoms with Gasteiger partial charge in [-0.15, -0.1) is 0 Å². The van der Waals surface area contributed by atoms with E-state index in [0.29, 0.717) is 0 Å². The van der Waals surface area contributed by atoms with Crippen molar-refractivity contribution >= 4 is 0 Å². The summed E-state index contributed by atoms with van der Waals surface area (Å²) in [7, 11) is 0. The van der Waals surface area contributed by atoms with Crippen LogP contribution >= 0.6 is 0 Å². The highest BCUT2D eigenvalue weighted by Gasteiger charge is 2.26. The van der Waals surface area contributed by atoms with Crippen LogP contribution < -0.4 is 0 Å². The summed E-state index contributed by atoms with van der Waals surface area (Å²) in [6.07, 6.45) is 40.9. The second-order valence-corrected chi connectivity index (χ2v) is 12.2. The summed E-state index contributed by atoms with van der Waals surface area (Å²) < 4.78 is 0. The van der Waals surface area contributed by atoms with Gasteiger partial charge in [0.2, 0.25) is 0 Å². The third-order valence-corrected chi connectivity index (χ3v) is 7.15. The van der Waals surface area contributed by atoms with Gasteiger partial charge in [0.25, 0.3) is 0 Å². The minimum absolute atomic E-state index is 0.290. The minimum atomic E-state index is 0.290. The van der Waals surface area contributed by atoms with Crippen molar-refractivity contribution in [2.24, 2.45) is 5.41 Å². The molecule has 0 saturated carbocycles. The molecule has 0 aliphatic heterocycles. The highest BCUT2D eigenvalue weighted by Crippen LogP contribution is 2.40. The van der Waals surface area contributed by atoms with Crippen molar-refractivity contribution < 1.29 is 0 Å². The van der Waals surface area contributed by atoms with Gasteiger partial charge in [-0.3, -0.25) is 0 Å². The zero-order valence-corrected chi connectivity index (χ0v) is 27.3. The predicted molar refractivity (Wildman–Crippen MR) is 183 cm³/mol. The Hall–Kier alpha value is -3.12. The Morgan fingerprint density at radius 1 is 0.650 bits per heavy atom. The molecule has 0 aromatic heterocycles. The van der Waals surface area contributed by atoms with E-state index in [0.717, 1.165) is 12.8 Å². The molecule has 0 unspecified atom stereocenters. The first-order valence-electron chi connectivity index (χ1n) is 15.0. The van der Waals surface area contributed by atoms with Gasteiger partial charge in [-0.05, 0) is 98.5 Å². The van der Waals surface area contributed by atoms with Crippen molar-refractivity contribution in [1.29, 1.82) is 0 Å². The predicted octanol–water partition coefficient (Wildman–Crippen LogP) is 12.8. The molecule has 0 aromatic carbocycles. The zero-order valence-electron chi connectivity index (χ0n) is 27.3. The quantitative estimate of drug-likeness (QED) is 0.162. The third kappa shape index (κ3) is 16.1. The Labute approximate surface area is 248 Å². The molecule has 1 rings (SSSR count). The van der Waals surface area contributed by atoms with Gasteiger partial charge in [0.15, 0.2) is 0 Å². The van der Waals surface area contributed by atoms with E-state index >= 15 is 0 Å². The maximum absolute atomic E-state index is 2.37. The standard InChI is InChI=1S/C40H56/c1-32(2)18-13-21-35(5)24-15-26-36(6)25-14-22-33(3)19-11-12-20-34(4)23-16-27-37(7)29-30-39-38(8)28-17-31-40(39,9)10/h11-12,14-16,18-20,22-27,29-30H,13,17,21,28,31H2,1-10H3/b12-11+,22-14+,23-16+,26-15+,30-29+,33-19+,34-20+,35-24+,36-25+,37-27-. The summed E-state index contributed by atoms with van der Waals surface area (Å²) >= 11 is 0. The fourth-order valence-electron chi connectivity index (χ4n) is 4.60. The molecule has 0 bridgehead atoms. The molecule has 0 N–H and O–H groups in total. The Bertz CT molecular complexity index is 1180. The maximum Gasteiger partial charge on any atom is -0.0104 e. The Morgan fingerprint density at radius 3 is 1.62 bits per heavy atom. The van der Waals surface area contributed by atoms with Crippen molar-refractivity contribution in [1.82, 2.24) is 0 Å². The molecule has 0 saturated heterocycles. The van der Waals surface area contributed by atoms with E-state index in [2.05, 4.69) is 166 Å². The van der Waals surface area contributed by atoms with Crippen molar-refractivity contribution in [3.8, 4) is 0 Å². The lowest BCUT2D eigenvalue weighted by atomic mass is 9.72. The van der Waals surface area contributed by atoms with E-state index in [4.69, 9.17) is 0 Å². The summed E-state index contributed by atoms with van der Waals surface area (Å²) in [4.78, 5) is 0. The molecule has 0 heteroatoms. The summed E-state index contributed by atoms with van der Waals surface area (Å²) in [6.45, 7) is 22.1. The van der Waals surface area contributed by atoms with Crippen molar-refractivity contribution in [2.45, 2.75) is 101 Å². The first kappa shape index (κ1) is 34.9. The molecule has 0 radical (unpaired) electrons. The van der Waals surface area contributed by atoms with E-state index in [1.165, 1.54) is 58.3 Å². The van der Waals surface area contributed by atoms with E-state index in [9.17, 15) is 0 Å². The second-order valence-electron chi connectivity index (χ2n) is 12.2. The monoisotopic (exact) mass is 536 g/mol. The molecule has 0 fully saturated rings. The molecule has 0 atom stereocenters. The second kappa shape index (κ2) is 19.0. The van der Waals surface area contributed by atoms with Crippen LogP contribution in [0.5, 0.6) is 0 Å². The van der Waals surface area contributed by atoms with Crippen LogP contribution in [0.2, 0.25) is 0 Å².